The standard InChI is InChI=1S/C10H12FN3O/c11-9-4-10(13-5-12-9)14-7-3-6-1-2-8(7)15-6/h4-8H,1-3H2,(H,12,13,14). The second-order valence-corrected chi connectivity index (χ2v) is 4.09. The molecule has 0 radical (unpaired) electrons. The molecule has 1 N–H and O–H groups in total. The number of halogens is 1. The smallest absolute Gasteiger partial charge is 0.217 e. The van der Waals surface area contributed by atoms with Gasteiger partial charge in [-0.1, -0.05) is 0 Å². The van der Waals surface area contributed by atoms with E-state index in [1.165, 1.54) is 12.4 Å². The molecule has 4 nitrogen and oxygen atoms in total. The topological polar surface area (TPSA) is 47.0 Å². The molecule has 0 aliphatic carbocycles. The van der Waals surface area contributed by atoms with Crippen LogP contribution in [0.4, 0.5) is 10.2 Å². The fourth-order valence-corrected chi connectivity index (χ4v) is 2.39. The Morgan fingerprint density at radius 3 is 3.00 bits per heavy atom. The van der Waals surface area contributed by atoms with Crippen molar-refractivity contribution < 1.29 is 9.13 Å². The van der Waals surface area contributed by atoms with Crippen LogP contribution >= 0.6 is 0 Å². The molecule has 3 rings (SSSR count). The Labute approximate surface area is 86.9 Å². The van der Waals surface area contributed by atoms with Crippen molar-refractivity contribution in [3.8, 4) is 0 Å². The normalized spacial score (nSPS) is 33.3. The molecule has 0 amide bonds. The van der Waals surface area contributed by atoms with Crippen molar-refractivity contribution in [2.45, 2.75) is 37.5 Å². The van der Waals surface area contributed by atoms with E-state index in [0.29, 0.717) is 11.9 Å². The summed E-state index contributed by atoms with van der Waals surface area (Å²) >= 11 is 0. The van der Waals surface area contributed by atoms with Crippen molar-refractivity contribution in [1.82, 2.24) is 9.97 Å². The summed E-state index contributed by atoms with van der Waals surface area (Å²) in [6.45, 7) is 0. The van der Waals surface area contributed by atoms with Gasteiger partial charge in [0.2, 0.25) is 5.95 Å². The summed E-state index contributed by atoms with van der Waals surface area (Å²) in [6.07, 6.45) is 5.13. The van der Waals surface area contributed by atoms with Crippen LogP contribution in [-0.4, -0.2) is 28.2 Å². The van der Waals surface area contributed by atoms with Crippen LogP contribution in [0, 0.1) is 5.95 Å². The number of hydrogen-bond donors (Lipinski definition) is 1. The Balaban J connectivity index is 1.71. The molecule has 3 atom stereocenters. The highest BCUT2D eigenvalue weighted by molar-refractivity contribution is 5.34. The lowest BCUT2D eigenvalue weighted by molar-refractivity contribution is 0.102. The van der Waals surface area contributed by atoms with E-state index in [-0.39, 0.29) is 12.1 Å². The maximum Gasteiger partial charge on any atom is 0.217 e. The van der Waals surface area contributed by atoms with Crippen LogP contribution in [-0.2, 0) is 4.74 Å². The summed E-state index contributed by atoms with van der Waals surface area (Å²) in [5, 5.41) is 3.20. The van der Waals surface area contributed by atoms with Gasteiger partial charge >= 0.3 is 0 Å². The quantitative estimate of drug-likeness (QED) is 0.747. The van der Waals surface area contributed by atoms with E-state index in [1.54, 1.807) is 0 Å². The van der Waals surface area contributed by atoms with Crippen LogP contribution in [0.1, 0.15) is 19.3 Å². The van der Waals surface area contributed by atoms with E-state index in [4.69, 9.17) is 4.74 Å². The molecular formula is C10H12FN3O. The Bertz CT molecular complexity index is 373. The zero-order chi connectivity index (χ0) is 10.3. The van der Waals surface area contributed by atoms with E-state index in [0.717, 1.165) is 19.3 Å². The largest absolute Gasteiger partial charge is 0.373 e. The van der Waals surface area contributed by atoms with E-state index < -0.39 is 5.95 Å². The van der Waals surface area contributed by atoms with Gasteiger partial charge in [0.25, 0.3) is 0 Å². The highest BCUT2D eigenvalue weighted by Gasteiger charge is 2.40. The van der Waals surface area contributed by atoms with Crippen LogP contribution in [0.25, 0.3) is 0 Å². The second kappa shape index (κ2) is 3.41. The summed E-state index contributed by atoms with van der Waals surface area (Å²) in [4.78, 5) is 7.38. The molecule has 2 saturated heterocycles. The number of hydrogen-bond acceptors (Lipinski definition) is 4. The third kappa shape index (κ3) is 1.67. The molecular weight excluding hydrogens is 197 g/mol. The number of nitrogens with one attached hydrogen (secondary N) is 1. The fourth-order valence-electron chi connectivity index (χ4n) is 2.39. The third-order valence-corrected chi connectivity index (χ3v) is 3.07. The van der Waals surface area contributed by atoms with Crippen molar-refractivity contribution in [2.24, 2.45) is 0 Å². The minimum Gasteiger partial charge on any atom is -0.373 e. The van der Waals surface area contributed by atoms with E-state index in [2.05, 4.69) is 15.3 Å². The predicted octanol–water partition coefficient (Wildman–Crippen LogP) is 1.35. The highest BCUT2D eigenvalue weighted by Crippen LogP contribution is 2.35. The first-order valence-electron chi connectivity index (χ1n) is 5.21. The zero-order valence-electron chi connectivity index (χ0n) is 8.19. The van der Waals surface area contributed by atoms with Gasteiger partial charge in [-0.2, -0.15) is 4.39 Å². The number of anilines is 1. The van der Waals surface area contributed by atoms with Gasteiger partial charge in [-0.05, 0) is 19.3 Å². The number of aromatic nitrogens is 2. The molecule has 0 aromatic carbocycles. The van der Waals surface area contributed by atoms with Crippen LogP contribution < -0.4 is 5.32 Å². The van der Waals surface area contributed by atoms with E-state index in [9.17, 15) is 4.39 Å². The predicted molar refractivity (Wildman–Crippen MR) is 51.9 cm³/mol. The molecule has 1 aromatic heterocycles. The van der Waals surface area contributed by atoms with E-state index >= 15 is 0 Å². The maximum absolute atomic E-state index is 12.8. The molecule has 0 spiro atoms. The number of rotatable bonds is 2. The molecule has 2 aliphatic heterocycles. The lowest BCUT2D eigenvalue weighted by Gasteiger charge is -2.20. The lowest BCUT2D eigenvalue weighted by Crippen LogP contribution is -2.30. The first kappa shape index (κ1) is 9.03. The first-order valence-corrected chi connectivity index (χ1v) is 5.21. The Morgan fingerprint density at radius 1 is 1.40 bits per heavy atom. The highest BCUT2D eigenvalue weighted by atomic mass is 19.1. The van der Waals surface area contributed by atoms with Gasteiger partial charge in [-0.15, -0.1) is 0 Å². The first-order chi connectivity index (χ1) is 7.31. The van der Waals surface area contributed by atoms with Gasteiger partial charge in [-0.3, -0.25) is 0 Å². The Hall–Kier alpha value is -1.23. The molecule has 3 heterocycles. The fraction of sp³-hybridized carbons (Fsp3) is 0.600. The molecule has 2 bridgehead atoms. The van der Waals surface area contributed by atoms with Gasteiger partial charge in [-0.25, -0.2) is 9.97 Å². The van der Waals surface area contributed by atoms with Crippen molar-refractivity contribution >= 4 is 5.82 Å². The summed E-state index contributed by atoms with van der Waals surface area (Å²) < 4.78 is 18.5. The summed E-state index contributed by atoms with van der Waals surface area (Å²) in [6, 6.07) is 1.59. The van der Waals surface area contributed by atoms with Crippen LogP contribution in [0.3, 0.4) is 0 Å². The minimum atomic E-state index is -0.503. The summed E-state index contributed by atoms with van der Waals surface area (Å²) in [7, 11) is 0. The average Bonchev–Trinajstić information content (AvgIpc) is 2.79. The Morgan fingerprint density at radius 2 is 2.33 bits per heavy atom. The molecule has 15 heavy (non-hydrogen) atoms. The average molecular weight is 209 g/mol. The number of ether oxygens (including phenoxy) is 1. The maximum atomic E-state index is 12.8. The zero-order valence-corrected chi connectivity index (χ0v) is 8.19. The van der Waals surface area contributed by atoms with Gasteiger partial charge in [0, 0.05) is 6.07 Å². The Kier molecular flexibility index (Phi) is 2.05. The molecule has 2 aliphatic rings. The monoisotopic (exact) mass is 209 g/mol. The van der Waals surface area contributed by atoms with Crippen LogP contribution in [0.5, 0.6) is 0 Å². The molecule has 3 unspecified atom stereocenters. The molecule has 1 aromatic rings. The van der Waals surface area contributed by atoms with Crippen LogP contribution in [0.2, 0.25) is 0 Å². The number of fused-ring (bicyclic) bond motifs is 2. The molecule has 0 saturated carbocycles. The van der Waals surface area contributed by atoms with Gasteiger partial charge in [0.15, 0.2) is 0 Å². The van der Waals surface area contributed by atoms with Crippen molar-refractivity contribution in [1.29, 1.82) is 0 Å². The van der Waals surface area contributed by atoms with Crippen LogP contribution in [0.15, 0.2) is 12.4 Å². The molecule has 80 valence electrons. The molecule has 5 heteroatoms. The SMILES string of the molecule is Fc1cc(NC2CC3CCC2O3)ncn1. The molecule has 2 fully saturated rings. The van der Waals surface area contributed by atoms with Crippen molar-refractivity contribution in [3.05, 3.63) is 18.3 Å². The van der Waals surface area contributed by atoms with Gasteiger partial charge < -0.3 is 10.1 Å². The summed E-state index contributed by atoms with van der Waals surface area (Å²) in [5.41, 5.74) is 0. The summed E-state index contributed by atoms with van der Waals surface area (Å²) in [5.74, 6) is 0.0419. The third-order valence-electron chi connectivity index (χ3n) is 3.07. The van der Waals surface area contributed by atoms with Crippen molar-refractivity contribution in [2.75, 3.05) is 5.32 Å². The van der Waals surface area contributed by atoms with Gasteiger partial charge in [0.1, 0.15) is 12.1 Å². The number of nitrogens with zero attached hydrogens (tertiary/aromatic N) is 2. The lowest BCUT2D eigenvalue weighted by atomic mass is 9.95. The second-order valence-electron chi connectivity index (χ2n) is 4.09. The van der Waals surface area contributed by atoms with Crippen molar-refractivity contribution in [3.63, 3.8) is 0 Å². The minimum absolute atomic E-state index is 0.271. The van der Waals surface area contributed by atoms with Gasteiger partial charge in [0.05, 0.1) is 18.2 Å². The van der Waals surface area contributed by atoms with E-state index in [1.807, 2.05) is 0 Å².